The number of anilines is 1. The van der Waals surface area contributed by atoms with E-state index in [1.165, 1.54) is 28.4 Å². The van der Waals surface area contributed by atoms with Crippen LogP contribution in [0.5, 0.6) is 0 Å². The number of nitrogens with one attached hydrogen (secondary N) is 1. The van der Waals surface area contributed by atoms with Crippen LogP contribution in [0.25, 0.3) is 5.69 Å². The topological polar surface area (TPSA) is 99.6 Å². The molecule has 0 radical (unpaired) electrons. The van der Waals surface area contributed by atoms with Gasteiger partial charge in [-0.2, -0.15) is 4.68 Å². The number of hydrogen-bond donors (Lipinski definition) is 1. The zero-order chi connectivity index (χ0) is 18.1. The fraction of sp³-hybridized carbons (Fsp3) is 0.267. The molecule has 0 amide bonds. The first-order valence-electron chi connectivity index (χ1n) is 7.43. The summed E-state index contributed by atoms with van der Waals surface area (Å²) in [4.78, 5) is 23.7. The van der Waals surface area contributed by atoms with Crippen molar-refractivity contribution in [3.63, 3.8) is 0 Å². The van der Waals surface area contributed by atoms with E-state index in [1.807, 2.05) is 0 Å². The molecule has 1 N–H and O–H groups in total. The van der Waals surface area contributed by atoms with E-state index in [2.05, 4.69) is 20.8 Å². The van der Waals surface area contributed by atoms with Gasteiger partial charge in [0.2, 0.25) is 0 Å². The molecular formula is C15H16FN7O2. The SMILES string of the molecule is Cc1nnnn1-c1cc(NCc2cc(=O)n(C)c(=O)n2C)ccc1F. The normalized spacial score (nSPS) is 10.9. The molecule has 0 aliphatic rings. The van der Waals surface area contributed by atoms with Gasteiger partial charge in [0.1, 0.15) is 11.5 Å². The number of rotatable bonds is 4. The maximum absolute atomic E-state index is 14.1. The molecule has 0 fully saturated rings. The van der Waals surface area contributed by atoms with Crippen molar-refractivity contribution in [2.45, 2.75) is 13.5 Å². The third kappa shape index (κ3) is 3.05. The Hall–Kier alpha value is -3.30. The highest BCUT2D eigenvalue weighted by atomic mass is 19.1. The molecule has 2 heterocycles. The number of aryl methyl sites for hydroxylation is 1. The van der Waals surface area contributed by atoms with Crippen molar-refractivity contribution in [3.8, 4) is 5.69 Å². The summed E-state index contributed by atoms with van der Waals surface area (Å²) < 4.78 is 17.8. The number of tetrazole rings is 1. The highest BCUT2D eigenvalue weighted by Gasteiger charge is 2.11. The van der Waals surface area contributed by atoms with Crippen molar-refractivity contribution in [3.05, 3.63) is 62.4 Å². The molecule has 1 aromatic carbocycles. The molecule has 25 heavy (non-hydrogen) atoms. The molecule has 3 rings (SSSR count). The zero-order valence-corrected chi connectivity index (χ0v) is 13.9. The van der Waals surface area contributed by atoms with E-state index in [4.69, 9.17) is 0 Å². The van der Waals surface area contributed by atoms with Crippen molar-refractivity contribution in [1.29, 1.82) is 0 Å². The van der Waals surface area contributed by atoms with E-state index < -0.39 is 11.5 Å². The average molecular weight is 345 g/mol. The van der Waals surface area contributed by atoms with Gasteiger partial charge >= 0.3 is 5.69 Å². The second-order valence-electron chi connectivity index (χ2n) is 5.53. The molecule has 2 aromatic heterocycles. The van der Waals surface area contributed by atoms with Crippen LogP contribution in [-0.4, -0.2) is 29.3 Å². The molecule has 130 valence electrons. The molecule has 0 unspecified atom stereocenters. The highest BCUT2D eigenvalue weighted by molar-refractivity contribution is 5.51. The fourth-order valence-electron chi connectivity index (χ4n) is 2.38. The molecule has 0 saturated carbocycles. The van der Waals surface area contributed by atoms with Crippen LogP contribution in [-0.2, 0) is 20.6 Å². The van der Waals surface area contributed by atoms with Crippen molar-refractivity contribution in [1.82, 2.24) is 29.3 Å². The van der Waals surface area contributed by atoms with E-state index in [0.29, 0.717) is 17.2 Å². The maximum Gasteiger partial charge on any atom is 0.330 e. The van der Waals surface area contributed by atoms with Crippen LogP contribution >= 0.6 is 0 Å². The minimum Gasteiger partial charge on any atom is -0.379 e. The van der Waals surface area contributed by atoms with Crippen LogP contribution in [0.15, 0.2) is 33.9 Å². The van der Waals surface area contributed by atoms with Crippen molar-refractivity contribution in [2.75, 3.05) is 5.32 Å². The molecule has 0 atom stereocenters. The molecule has 0 spiro atoms. The van der Waals surface area contributed by atoms with Crippen LogP contribution in [0.2, 0.25) is 0 Å². The summed E-state index contributed by atoms with van der Waals surface area (Å²) >= 11 is 0. The van der Waals surface area contributed by atoms with Gasteiger partial charge in [-0.1, -0.05) is 0 Å². The monoisotopic (exact) mass is 345 g/mol. The Morgan fingerprint density at radius 1 is 1.16 bits per heavy atom. The quantitative estimate of drug-likeness (QED) is 0.721. The van der Waals surface area contributed by atoms with Crippen LogP contribution in [0.4, 0.5) is 10.1 Å². The van der Waals surface area contributed by atoms with Gasteiger partial charge in [0, 0.05) is 31.5 Å². The lowest BCUT2D eigenvalue weighted by atomic mass is 10.2. The molecule has 9 nitrogen and oxygen atoms in total. The molecule has 0 saturated heterocycles. The van der Waals surface area contributed by atoms with E-state index in [-0.39, 0.29) is 17.8 Å². The molecule has 10 heteroatoms. The second kappa shape index (κ2) is 6.30. The maximum atomic E-state index is 14.1. The van der Waals surface area contributed by atoms with Gasteiger partial charge < -0.3 is 5.32 Å². The summed E-state index contributed by atoms with van der Waals surface area (Å²) in [7, 11) is 3.00. The number of aromatic nitrogens is 6. The van der Waals surface area contributed by atoms with E-state index >= 15 is 0 Å². The van der Waals surface area contributed by atoms with Crippen molar-refractivity contribution >= 4 is 5.69 Å². The van der Waals surface area contributed by atoms with Gasteiger partial charge in [0.15, 0.2) is 5.82 Å². The smallest absolute Gasteiger partial charge is 0.330 e. The molecule has 0 aliphatic heterocycles. The summed E-state index contributed by atoms with van der Waals surface area (Å²) in [5.74, 6) is -0.0214. The average Bonchev–Trinajstić information content (AvgIpc) is 3.02. The third-order valence-electron chi connectivity index (χ3n) is 3.90. The Labute approximate surface area is 141 Å². The predicted molar refractivity (Wildman–Crippen MR) is 88.1 cm³/mol. The molecule has 3 aromatic rings. The summed E-state index contributed by atoms with van der Waals surface area (Å²) in [5.41, 5.74) is 0.514. The number of halogens is 1. The fourth-order valence-corrected chi connectivity index (χ4v) is 2.38. The van der Waals surface area contributed by atoms with Gasteiger partial charge in [-0.15, -0.1) is 5.10 Å². The van der Waals surface area contributed by atoms with Gasteiger partial charge in [0.25, 0.3) is 5.56 Å². The largest absolute Gasteiger partial charge is 0.379 e. The standard InChI is InChI=1S/C15H16FN7O2/c1-9-18-19-20-23(9)13-6-10(4-5-12(13)16)17-8-11-7-14(24)22(3)15(25)21(11)2/h4-7,17H,8H2,1-3H3. The number of nitrogens with zero attached hydrogens (tertiary/aromatic N) is 6. The minimum atomic E-state index is -0.470. The van der Waals surface area contributed by atoms with Gasteiger partial charge in [-0.25, -0.2) is 9.18 Å². The summed E-state index contributed by atoms with van der Waals surface area (Å²) in [6.07, 6.45) is 0. The molecule has 0 bridgehead atoms. The van der Waals surface area contributed by atoms with Crippen molar-refractivity contribution in [2.24, 2.45) is 14.1 Å². The van der Waals surface area contributed by atoms with Crippen LogP contribution in [0, 0.1) is 12.7 Å². The van der Waals surface area contributed by atoms with Crippen LogP contribution in [0.1, 0.15) is 11.5 Å². The minimum absolute atomic E-state index is 0.199. The lowest BCUT2D eigenvalue weighted by Crippen LogP contribution is -2.38. The molecular weight excluding hydrogens is 329 g/mol. The molecule has 0 aliphatic carbocycles. The van der Waals surface area contributed by atoms with Crippen LogP contribution in [0.3, 0.4) is 0 Å². The van der Waals surface area contributed by atoms with Crippen LogP contribution < -0.4 is 16.6 Å². The van der Waals surface area contributed by atoms with E-state index in [9.17, 15) is 14.0 Å². The first-order valence-corrected chi connectivity index (χ1v) is 7.43. The Kier molecular flexibility index (Phi) is 4.17. The number of hydrogen-bond acceptors (Lipinski definition) is 6. The van der Waals surface area contributed by atoms with Gasteiger partial charge in [-0.05, 0) is 35.5 Å². The Morgan fingerprint density at radius 2 is 1.92 bits per heavy atom. The van der Waals surface area contributed by atoms with Crippen molar-refractivity contribution < 1.29 is 4.39 Å². The lowest BCUT2D eigenvalue weighted by molar-refractivity contribution is 0.604. The first kappa shape index (κ1) is 16.6. The summed E-state index contributed by atoms with van der Waals surface area (Å²) in [5, 5.41) is 14.1. The lowest BCUT2D eigenvalue weighted by Gasteiger charge is -2.12. The highest BCUT2D eigenvalue weighted by Crippen LogP contribution is 2.19. The predicted octanol–water partition coefficient (Wildman–Crippen LogP) is 0.119. The summed E-state index contributed by atoms with van der Waals surface area (Å²) in [6.45, 7) is 1.89. The second-order valence-corrected chi connectivity index (χ2v) is 5.53. The Bertz CT molecular complexity index is 1050. The van der Waals surface area contributed by atoms with Gasteiger partial charge in [-0.3, -0.25) is 13.9 Å². The van der Waals surface area contributed by atoms with E-state index in [1.54, 1.807) is 26.1 Å². The zero-order valence-electron chi connectivity index (χ0n) is 13.9. The third-order valence-corrected chi connectivity index (χ3v) is 3.90. The Balaban J connectivity index is 1.89. The number of benzene rings is 1. The Morgan fingerprint density at radius 3 is 2.60 bits per heavy atom. The first-order chi connectivity index (χ1) is 11.9. The van der Waals surface area contributed by atoms with Gasteiger partial charge in [0.05, 0.1) is 6.54 Å². The summed E-state index contributed by atoms with van der Waals surface area (Å²) in [6, 6.07) is 5.78. The van der Waals surface area contributed by atoms with E-state index in [0.717, 1.165) is 4.57 Å².